The maximum absolute atomic E-state index is 5.54. The minimum Gasteiger partial charge on any atom is -0.339 e. The SMILES string of the molecule is Cc1c(NN)nc(C(C)C)nc1Nc1ccccc1I. The molecule has 0 unspecified atom stereocenters. The predicted molar refractivity (Wildman–Crippen MR) is 91.1 cm³/mol. The fourth-order valence-electron chi connectivity index (χ4n) is 1.74. The molecule has 0 aliphatic carbocycles. The molecule has 106 valence electrons. The molecule has 0 atom stereocenters. The first-order valence-corrected chi connectivity index (χ1v) is 7.47. The molecule has 1 aromatic carbocycles. The van der Waals surface area contributed by atoms with Crippen LogP contribution in [0.5, 0.6) is 0 Å². The van der Waals surface area contributed by atoms with Gasteiger partial charge in [-0.1, -0.05) is 26.0 Å². The van der Waals surface area contributed by atoms with Gasteiger partial charge in [0.1, 0.15) is 17.5 Å². The van der Waals surface area contributed by atoms with Crippen LogP contribution in [0, 0.1) is 10.5 Å². The second-order valence-corrected chi connectivity index (χ2v) is 5.97. The summed E-state index contributed by atoms with van der Waals surface area (Å²) in [5.41, 5.74) is 4.56. The third-order valence-corrected chi connectivity index (χ3v) is 3.88. The van der Waals surface area contributed by atoms with Crippen LogP contribution in [-0.4, -0.2) is 9.97 Å². The van der Waals surface area contributed by atoms with Gasteiger partial charge in [0.05, 0.1) is 5.69 Å². The number of nitrogens with zero attached hydrogens (tertiary/aromatic N) is 2. The quantitative estimate of drug-likeness (QED) is 0.428. The van der Waals surface area contributed by atoms with Gasteiger partial charge in [0.15, 0.2) is 0 Å². The molecule has 4 N–H and O–H groups in total. The highest BCUT2D eigenvalue weighted by atomic mass is 127. The molecular formula is C14H18IN5. The van der Waals surface area contributed by atoms with E-state index in [1.165, 1.54) is 0 Å². The Bertz CT molecular complexity index is 613. The van der Waals surface area contributed by atoms with Crippen LogP contribution in [0.25, 0.3) is 0 Å². The van der Waals surface area contributed by atoms with Crippen LogP contribution in [0.4, 0.5) is 17.3 Å². The van der Waals surface area contributed by atoms with Crippen LogP contribution >= 0.6 is 22.6 Å². The van der Waals surface area contributed by atoms with Crippen LogP contribution in [0.15, 0.2) is 24.3 Å². The number of hydrazine groups is 1. The Morgan fingerprint density at radius 3 is 2.40 bits per heavy atom. The molecule has 1 heterocycles. The van der Waals surface area contributed by atoms with Crippen molar-refractivity contribution in [1.29, 1.82) is 0 Å². The number of hydrogen-bond acceptors (Lipinski definition) is 5. The average Bonchev–Trinajstić information content (AvgIpc) is 2.43. The van der Waals surface area contributed by atoms with Gasteiger partial charge >= 0.3 is 0 Å². The summed E-state index contributed by atoms with van der Waals surface area (Å²) in [6.45, 7) is 6.06. The molecule has 0 saturated heterocycles. The van der Waals surface area contributed by atoms with Gasteiger partial charge in [-0.25, -0.2) is 15.8 Å². The summed E-state index contributed by atoms with van der Waals surface area (Å²) in [6, 6.07) is 8.07. The first-order chi connectivity index (χ1) is 9.52. The molecule has 0 spiro atoms. The van der Waals surface area contributed by atoms with Crippen molar-refractivity contribution in [3.63, 3.8) is 0 Å². The number of para-hydroxylation sites is 1. The number of nitrogens with two attached hydrogens (primary N) is 1. The molecular weight excluding hydrogens is 365 g/mol. The van der Waals surface area contributed by atoms with E-state index in [-0.39, 0.29) is 5.92 Å². The molecule has 6 heteroatoms. The number of benzene rings is 1. The second-order valence-electron chi connectivity index (χ2n) is 4.81. The largest absolute Gasteiger partial charge is 0.339 e. The first kappa shape index (κ1) is 15.0. The summed E-state index contributed by atoms with van der Waals surface area (Å²) in [7, 11) is 0. The number of nitrogen functional groups attached to an aromatic ring is 1. The van der Waals surface area contributed by atoms with Gasteiger partial charge in [0, 0.05) is 15.1 Å². The van der Waals surface area contributed by atoms with E-state index in [1.807, 2.05) is 31.2 Å². The molecule has 5 nitrogen and oxygen atoms in total. The van der Waals surface area contributed by atoms with E-state index >= 15 is 0 Å². The van der Waals surface area contributed by atoms with Gasteiger partial charge in [-0.2, -0.15) is 0 Å². The Morgan fingerprint density at radius 2 is 1.80 bits per heavy atom. The second kappa shape index (κ2) is 6.36. The van der Waals surface area contributed by atoms with Gasteiger partial charge in [0.25, 0.3) is 0 Å². The third-order valence-electron chi connectivity index (χ3n) is 2.94. The topological polar surface area (TPSA) is 75.9 Å². The van der Waals surface area contributed by atoms with Crippen LogP contribution in [0.1, 0.15) is 31.2 Å². The standard InChI is InChI=1S/C14H18IN5/c1-8(2)12-18-13(9(3)14(19-12)20-16)17-11-7-5-4-6-10(11)15/h4-8H,16H2,1-3H3,(H2,17,18,19,20). The average molecular weight is 383 g/mol. The fourth-order valence-corrected chi connectivity index (χ4v) is 2.27. The van der Waals surface area contributed by atoms with Crippen molar-refractivity contribution in [2.45, 2.75) is 26.7 Å². The maximum Gasteiger partial charge on any atom is 0.148 e. The minimum absolute atomic E-state index is 0.234. The van der Waals surface area contributed by atoms with E-state index in [4.69, 9.17) is 5.84 Å². The van der Waals surface area contributed by atoms with E-state index in [1.54, 1.807) is 0 Å². The minimum atomic E-state index is 0.234. The van der Waals surface area contributed by atoms with Gasteiger partial charge in [-0.05, 0) is 41.6 Å². The maximum atomic E-state index is 5.54. The highest BCUT2D eigenvalue weighted by Crippen LogP contribution is 2.27. The Labute approximate surface area is 132 Å². The van der Waals surface area contributed by atoms with Crippen LogP contribution in [-0.2, 0) is 0 Å². The Morgan fingerprint density at radius 1 is 1.15 bits per heavy atom. The molecule has 0 aliphatic heterocycles. The number of rotatable bonds is 4. The van der Waals surface area contributed by atoms with Crippen molar-refractivity contribution < 1.29 is 0 Å². The van der Waals surface area contributed by atoms with E-state index in [9.17, 15) is 0 Å². The Balaban J connectivity index is 2.45. The van der Waals surface area contributed by atoms with Crippen LogP contribution in [0.2, 0.25) is 0 Å². The van der Waals surface area contributed by atoms with Crippen molar-refractivity contribution in [2.24, 2.45) is 5.84 Å². The van der Waals surface area contributed by atoms with Crippen molar-refractivity contribution in [2.75, 3.05) is 10.7 Å². The Kier molecular flexibility index (Phi) is 4.77. The summed E-state index contributed by atoms with van der Waals surface area (Å²) < 4.78 is 1.14. The molecule has 0 radical (unpaired) electrons. The smallest absolute Gasteiger partial charge is 0.148 e. The summed E-state index contributed by atoms with van der Waals surface area (Å²) >= 11 is 2.29. The van der Waals surface area contributed by atoms with Crippen LogP contribution < -0.4 is 16.6 Å². The lowest BCUT2D eigenvalue weighted by Gasteiger charge is -2.15. The number of halogens is 1. The molecule has 20 heavy (non-hydrogen) atoms. The van der Waals surface area contributed by atoms with Crippen molar-refractivity contribution in [3.8, 4) is 0 Å². The zero-order valence-electron chi connectivity index (χ0n) is 11.7. The molecule has 0 amide bonds. The summed E-state index contributed by atoms with van der Waals surface area (Å²) in [5.74, 6) is 7.97. The zero-order valence-corrected chi connectivity index (χ0v) is 13.9. The number of hydrogen-bond donors (Lipinski definition) is 3. The molecule has 0 aliphatic rings. The van der Waals surface area contributed by atoms with Gasteiger partial charge in [-0.3, -0.25) is 0 Å². The fraction of sp³-hybridized carbons (Fsp3) is 0.286. The summed E-state index contributed by atoms with van der Waals surface area (Å²) in [6.07, 6.45) is 0. The van der Waals surface area contributed by atoms with E-state index in [0.29, 0.717) is 5.82 Å². The van der Waals surface area contributed by atoms with Crippen molar-refractivity contribution in [3.05, 3.63) is 39.2 Å². The molecule has 2 rings (SSSR count). The normalized spacial score (nSPS) is 10.7. The monoisotopic (exact) mass is 383 g/mol. The number of nitrogens with one attached hydrogen (secondary N) is 2. The lowest BCUT2D eigenvalue weighted by atomic mass is 10.2. The van der Waals surface area contributed by atoms with Gasteiger partial charge < -0.3 is 10.7 Å². The highest BCUT2D eigenvalue weighted by Gasteiger charge is 2.13. The molecule has 0 bridgehead atoms. The third kappa shape index (κ3) is 3.18. The zero-order chi connectivity index (χ0) is 14.7. The lowest BCUT2D eigenvalue weighted by molar-refractivity contribution is 0.774. The number of aromatic nitrogens is 2. The van der Waals surface area contributed by atoms with Crippen LogP contribution in [0.3, 0.4) is 0 Å². The lowest BCUT2D eigenvalue weighted by Crippen LogP contribution is -2.14. The van der Waals surface area contributed by atoms with Crippen molar-refractivity contribution >= 4 is 39.9 Å². The summed E-state index contributed by atoms with van der Waals surface area (Å²) in [4.78, 5) is 9.02. The molecule has 2 aromatic rings. The summed E-state index contributed by atoms with van der Waals surface area (Å²) in [5, 5.41) is 3.36. The van der Waals surface area contributed by atoms with Crippen molar-refractivity contribution in [1.82, 2.24) is 9.97 Å². The Hall–Kier alpha value is -1.41. The van der Waals surface area contributed by atoms with Gasteiger partial charge in [-0.15, -0.1) is 0 Å². The molecule has 0 fully saturated rings. The highest BCUT2D eigenvalue weighted by molar-refractivity contribution is 14.1. The number of anilines is 3. The molecule has 1 aromatic heterocycles. The van der Waals surface area contributed by atoms with E-state index in [0.717, 1.165) is 26.5 Å². The predicted octanol–water partition coefficient (Wildman–Crippen LogP) is 3.54. The van der Waals surface area contributed by atoms with Gasteiger partial charge in [0.2, 0.25) is 0 Å². The van der Waals surface area contributed by atoms with E-state index in [2.05, 4.69) is 57.1 Å². The molecule has 0 saturated carbocycles. The first-order valence-electron chi connectivity index (χ1n) is 6.39. The van der Waals surface area contributed by atoms with E-state index < -0.39 is 0 Å².